The summed E-state index contributed by atoms with van der Waals surface area (Å²) in [5.74, 6) is 0.555. The molecular weight excluding hydrogens is 226 g/mol. The lowest BCUT2D eigenvalue weighted by molar-refractivity contribution is 0.0951. The normalized spacial score (nSPS) is 14.6. The fourth-order valence-corrected chi connectivity index (χ4v) is 1.65. The van der Waals surface area contributed by atoms with Gasteiger partial charge in [-0.2, -0.15) is 0 Å². The van der Waals surface area contributed by atoms with Crippen molar-refractivity contribution in [3.8, 4) is 5.75 Å². The molecule has 0 saturated heterocycles. The minimum Gasteiger partial charge on any atom is -0.492 e. The lowest BCUT2D eigenvalue weighted by atomic mass is 10.2. The minimum atomic E-state index is -0.0625. The maximum absolute atomic E-state index is 11.7. The average molecular weight is 240 g/mol. The number of benzene rings is 1. The maximum atomic E-state index is 11.7. The van der Waals surface area contributed by atoms with E-state index < -0.39 is 0 Å². The maximum Gasteiger partial charge on any atom is 0.251 e. The number of halogens is 1. The highest BCUT2D eigenvalue weighted by atomic mass is 35.5. The van der Waals surface area contributed by atoms with E-state index >= 15 is 0 Å². The molecule has 1 aliphatic rings. The highest BCUT2D eigenvalue weighted by molar-refractivity contribution is 6.32. The van der Waals surface area contributed by atoms with Crippen LogP contribution in [0.4, 0.5) is 0 Å². The highest BCUT2D eigenvalue weighted by Crippen LogP contribution is 2.26. The van der Waals surface area contributed by atoms with E-state index in [1.807, 2.05) is 6.92 Å². The zero-order valence-electron chi connectivity index (χ0n) is 9.13. The van der Waals surface area contributed by atoms with Crippen LogP contribution >= 0.6 is 11.6 Å². The van der Waals surface area contributed by atoms with Crippen molar-refractivity contribution in [1.82, 2.24) is 5.32 Å². The molecule has 1 saturated carbocycles. The summed E-state index contributed by atoms with van der Waals surface area (Å²) in [5, 5.41) is 3.39. The molecule has 86 valence electrons. The van der Waals surface area contributed by atoms with E-state index in [1.165, 1.54) is 0 Å². The number of carbonyl (C=O) groups is 1. The molecule has 0 aliphatic heterocycles. The van der Waals surface area contributed by atoms with Gasteiger partial charge in [0.2, 0.25) is 0 Å². The summed E-state index contributed by atoms with van der Waals surface area (Å²) in [6, 6.07) is 5.46. The van der Waals surface area contributed by atoms with Gasteiger partial charge >= 0.3 is 0 Å². The monoisotopic (exact) mass is 239 g/mol. The molecular formula is C12H14ClNO2. The van der Waals surface area contributed by atoms with E-state index in [4.69, 9.17) is 16.3 Å². The van der Waals surface area contributed by atoms with Crippen molar-refractivity contribution in [3.63, 3.8) is 0 Å². The minimum absolute atomic E-state index is 0.0625. The summed E-state index contributed by atoms with van der Waals surface area (Å²) >= 11 is 6.00. The molecule has 1 fully saturated rings. The fourth-order valence-electron chi connectivity index (χ4n) is 1.41. The molecule has 1 aromatic carbocycles. The predicted octanol–water partition coefficient (Wildman–Crippen LogP) is 2.63. The third-order valence-electron chi connectivity index (χ3n) is 2.41. The number of rotatable bonds is 4. The molecule has 1 amide bonds. The van der Waals surface area contributed by atoms with E-state index in [9.17, 15) is 4.79 Å². The lowest BCUT2D eigenvalue weighted by Crippen LogP contribution is -2.25. The summed E-state index contributed by atoms with van der Waals surface area (Å²) in [5.41, 5.74) is 0.584. The zero-order chi connectivity index (χ0) is 11.5. The first-order chi connectivity index (χ1) is 7.70. The van der Waals surface area contributed by atoms with Crippen LogP contribution in [0.25, 0.3) is 0 Å². The Bertz CT molecular complexity index is 402. The van der Waals surface area contributed by atoms with E-state index in [1.54, 1.807) is 18.2 Å². The van der Waals surface area contributed by atoms with Crippen LogP contribution < -0.4 is 10.1 Å². The van der Waals surface area contributed by atoms with Gasteiger partial charge in [-0.3, -0.25) is 4.79 Å². The van der Waals surface area contributed by atoms with Gasteiger partial charge < -0.3 is 10.1 Å². The molecule has 4 heteroatoms. The predicted molar refractivity (Wildman–Crippen MR) is 63.1 cm³/mol. The summed E-state index contributed by atoms with van der Waals surface area (Å²) in [4.78, 5) is 11.7. The van der Waals surface area contributed by atoms with Crippen LogP contribution in [0.2, 0.25) is 5.02 Å². The number of carbonyl (C=O) groups excluding carboxylic acids is 1. The molecule has 0 aromatic heterocycles. The van der Waals surface area contributed by atoms with Gasteiger partial charge in [0, 0.05) is 11.6 Å². The molecule has 3 nitrogen and oxygen atoms in total. The Morgan fingerprint density at radius 2 is 2.31 bits per heavy atom. The van der Waals surface area contributed by atoms with E-state index in [2.05, 4.69) is 5.32 Å². The van der Waals surface area contributed by atoms with Gasteiger partial charge in [-0.05, 0) is 38.0 Å². The summed E-state index contributed by atoms with van der Waals surface area (Å²) in [6.45, 7) is 2.46. The zero-order valence-corrected chi connectivity index (χ0v) is 9.88. The fraction of sp³-hybridized carbons (Fsp3) is 0.417. The average Bonchev–Trinajstić information content (AvgIpc) is 3.05. The number of nitrogens with one attached hydrogen (secondary N) is 1. The summed E-state index contributed by atoms with van der Waals surface area (Å²) in [7, 11) is 0. The molecule has 0 radical (unpaired) electrons. The molecule has 0 atom stereocenters. The first-order valence-electron chi connectivity index (χ1n) is 5.44. The second-order valence-corrected chi connectivity index (χ2v) is 4.23. The summed E-state index contributed by atoms with van der Waals surface area (Å²) in [6.07, 6.45) is 2.16. The molecule has 0 spiro atoms. The van der Waals surface area contributed by atoms with Gasteiger partial charge in [0.1, 0.15) is 5.75 Å². The molecule has 1 aliphatic carbocycles. The van der Waals surface area contributed by atoms with E-state index in [0.29, 0.717) is 29.0 Å². The van der Waals surface area contributed by atoms with Crippen LogP contribution in [0.1, 0.15) is 30.1 Å². The molecule has 0 heterocycles. The standard InChI is InChI=1S/C12H14ClNO2/c1-2-16-11-6-3-8(7-10(11)13)12(15)14-9-4-5-9/h3,6-7,9H,2,4-5H2,1H3,(H,14,15). The van der Waals surface area contributed by atoms with Gasteiger partial charge in [0.15, 0.2) is 0 Å². The van der Waals surface area contributed by atoms with E-state index in [-0.39, 0.29) is 5.91 Å². The van der Waals surface area contributed by atoms with Crippen LogP contribution in [0.5, 0.6) is 5.75 Å². The molecule has 0 unspecified atom stereocenters. The quantitative estimate of drug-likeness (QED) is 0.877. The van der Waals surface area contributed by atoms with Crippen molar-refractivity contribution < 1.29 is 9.53 Å². The third-order valence-corrected chi connectivity index (χ3v) is 2.70. The number of hydrogen-bond acceptors (Lipinski definition) is 2. The summed E-state index contributed by atoms with van der Waals surface area (Å²) < 4.78 is 5.30. The number of amides is 1. The SMILES string of the molecule is CCOc1ccc(C(=O)NC2CC2)cc1Cl. The topological polar surface area (TPSA) is 38.3 Å². The van der Waals surface area contributed by atoms with Crippen molar-refractivity contribution in [3.05, 3.63) is 28.8 Å². The first-order valence-corrected chi connectivity index (χ1v) is 5.81. The largest absolute Gasteiger partial charge is 0.492 e. The van der Waals surface area contributed by atoms with Crippen LogP contribution in [-0.4, -0.2) is 18.6 Å². The van der Waals surface area contributed by atoms with Gasteiger partial charge in [-0.25, -0.2) is 0 Å². The molecule has 1 aromatic rings. The molecule has 16 heavy (non-hydrogen) atoms. The van der Waals surface area contributed by atoms with Gasteiger partial charge in [0.05, 0.1) is 11.6 Å². The number of hydrogen-bond donors (Lipinski definition) is 1. The van der Waals surface area contributed by atoms with Gasteiger partial charge in [-0.15, -0.1) is 0 Å². The smallest absolute Gasteiger partial charge is 0.251 e. The Morgan fingerprint density at radius 3 is 2.88 bits per heavy atom. The highest BCUT2D eigenvalue weighted by Gasteiger charge is 2.23. The van der Waals surface area contributed by atoms with Crippen molar-refractivity contribution in [2.75, 3.05) is 6.61 Å². The van der Waals surface area contributed by atoms with E-state index in [0.717, 1.165) is 12.8 Å². The van der Waals surface area contributed by atoms with Gasteiger partial charge in [-0.1, -0.05) is 11.6 Å². The molecule has 1 N–H and O–H groups in total. The number of ether oxygens (including phenoxy) is 1. The van der Waals surface area contributed by atoms with Gasteiger partial charge in [0.25, 0.3) is 5.91 Å². The molecule has 0 bridgehead atoms. The van der Waals surface area contributed by atoms with Crippen LogP contribution in [-0.2, 0) is 0 Å². The van der Waals surface area contributed by atoms with Crippen LogP contribution in [0, 0.1) is 0 Å². The lowest BCUT2D eigenvalue weighted by Gasteiger charge is -2.07. The van der Waals surface area contributed by atoms with Crippen molar-refractivity contribution in [2.24, 2.45) is 0 Å². The second kappa shape index (κ2) is 4.74. The van der Waals surface area contributed by atoms with Crippen molar-refractivity contribution >= 4 is 17.5 Å². The Balaban J connectivity index is 2.09. The van der Waals surface area contributed by atoms with Crippen molar-refractivity contribution in [2.45, 2.75) is 25.8 Å². The van der Waals surface area contributed by atoms with Crippen LogP contribution in [0.3, 0.4) is 0 Å². The Morgan fingerprint density at radius 1 is 1.56 bits per heavy atom. The van der Waals surface area contributed by atoms with Crippen molar-refractivity contribution in [1.29, 1.82) is 0 Å². The second-order valence-electron chi connectivity index (χ2n) is 3.83. The third kappa shape index (κ3) is 2.67. The molecule has 2 rings (SSSR count). The Hall–Kier alpha value is -1.22. The van der Waals surface area contributed by atoms with Crippen LogP contribution in [0.15, 0.2) is 18.2 Å². The first kappa shape index (κ1) is 11.3. The Kier molecular flexibility index (Phi) is 3.34. The Labute approximate surface area is 99.7 Å².